The average molecular weight is 335 g/mol. The lowest BCUT2D eigenvalue weighted by molar-refractivity contribution is 1.14. The molecule has 122 valence electrons. The molecule has 0 spiro atoms. The standard InChI is InChI=1S/C20H21N3S/c1-4-16-7-11-18(12-8-16)19-13-24-20(21-19)23-22-15(3)17-9-5-14(2)6-10-17/h5-13H,4H2,1-3H3,(H,21,23). The smallest absolute Gasteiger partial charge is 0.203 e. The van der Waals surface area contributed by atoms with Gasteiger partial charge in [-0.25, -0.2) is 4.98 Å². The monoisotopic (exact) mass is 335 g/mol. The Morgan fingerprint density at radius 1 is 1.08 bits per heavy atom. The quantitative estimate of drug-likeness (QED) is 0.492. The van der Waals surface area contributed by atoms with Gasteiger partial charge in [0.1, 0.15) is 0 Å². The highest BCUT2D eigenvalue weighted by Gasteiger charge is 2.04. The number of anilines is 1. The molecule has 2 aromatic carbocycles. The van der Waals surface area contributed by atoms with Crippen LogP contribution in [0.25, 0.3) is 11.3 Å². The van der Waals surface area contributed by atoms with E-state index in [9.17, 15) is 0 Å². The first kappa shape index (κ1) is 16.4. The van der Waals surface area contributed by atoms with Gasteiger partial charge in [-0.3, -0.25) is 5.43 Å². The van der Waals surface area contributed by atoms with Crippen molar-refractivity contribution in [3.63, 3.8) is 0 Å². The summed E-state index contributed by atoms with van der Waals surface area (Å²) in [5.74, 6) is 0. The summed E-state index contributed by atoms with van der Waals surface area (Å²) in [4.78, 5) is 4.62. The van der Waals surface area contributed by atoms with Crippen LogP contribution in [-0.4, -0.2) is 10.7 Å². The molecule has 0 unspecified atom stereocenters. The number of aryl methyl sites for hydroxylation is 2. The average Bonchev–Trinajstić information content (AvgIpc) is 3.09. The summed E-state index contributed by atoms with van der Waals surface area (Å²) >= 11 is 1.56. The van der Waals surface area contributed by atoms with Crippen molar-refractivity contribution in [3.8, 4) is 11.3 Å². The second kappa shape index (κ2) is 7.41. The van der Waals surface area contributed by atoms with Gasteiger partial charge in [-0.1, -0.05) is 61.0 Å². The molecule has 1 aromatic heterocycles. The number of benzene rings is 2. The maximum Gasteiger partial charge on any atom is 0.203 e. The number of thiazole rings is 1. The van der Waals surface area contributed by atoms with Gasteiger partial charge in [0, 0.05) is 10.9 Å². The Labute approximate surface area is 147 Å². The van der Waals surface area contributed by atoms with E-state index >= 15 is 0 Å². The lowest BCUT2D eigenvalue weighted by Crippen LogP contribution is -1.99. The topological polar surface area (TPSA) is 37.3 Å². The number of aromatic nitrogens is 1. The Morgan fingerprint density at radius 3 is 2.46 bits per heavy atom. The van der Waals surface area contributed by atoms with Gasteiger partial charge in [0.05, 0.1) is 11.4 Å². The molecule has 0 amide bonds. The largest absolute Gasteiger partial charge is 0.252 e. The fourth-order valence-electron chi connectivity index (χ4n) is 2.36. The molecule has 3 aromatic rings. The fraction of sp³-hybridized carbons (Fsp3) is 0.200. The molecule has 0 saturated carbocycles. The van der Waals surface area contributed by atoms with E-state index in [0.29, 0.717) is 0 Å². The van der Waals surface area contributed by atoms with Crippen molar-refractivity contribution in [2.24, 2.45) is 5.10 Å². The van der Waals surface area contributed by atoms with E-state index in [1.165, 1.54) is 11.1 Å². The zero-order chi connectivity index (χ0) is 16.9. The molecule has 0 saturated heterocycles. The molecule has 0 radical (unpaired) electrons. The summed E-state index contributed by atoms with van der Waals surface area (Å²) in [6, 6.07) is 16.9. The summed E-state index contributed by atoms with van der Waals surface area (Å²) in [6.45, 7) is 6.24. The van der Waals surface area contributed by atoms with Crippen molar-refractivity contribution in [1.29, 1.82) is 0 Å². The third-order valence-electron chi connectivity index (χ3n) is 3.95. The predicted molar refractivity (Wildman–Crippen MR) is 104 cm³/mol. The van der Waals surface area contributed by atoms with Crippen LogP contribution in [0.15, 0.2) is 59.0 Å². The SMILES string of the molecule is CCc1ccc(-c2csc(NN=C(C)c3ccc(C)cc3)n2)cc1. The Kier molecular flexibility index (Phi) is 5.06. The van der Waals surface area contributed by atoms with E-state index in [4.69, 9.17) is 0 Å². The van der Waals surface area contributed by atoms with E-state index in [1.807, 2.05) is 6.92 Å². The van der Waals surface area contributed by atoms with Crippen LogP contribution in [0.2, 0.25) is 0 Å². The Hall–Kier alpha value is -2.46. The van der Waals surface area contributed by atoms with Gasteiger partial charge in [-0.2, -0.15) is 5.10 Å². The Morgan fingerprint density at radius 2 is 1.79 bits per heavy atom. The van der Waals surface area contributed by atoms with Gasteiger partial charge in [-0.05, 0) is 31.4 Å². The maximum atomic E-state index is 4.62. The minimum atomic E-state index is 0.802. The van der Waals surface area contributed by atoms with E-state index in [1.54, 1.807) is 11.3 Å². The van der Waals surface area contributed by atoms with E-state index < -0.39 is 0 Å². The summed E-state index contributed by atoms with van der Waals surface area (Å²) in [7, 11) is 0. The van der Waals surface area contributed by atoms with Crippen LogP contribution in [0.4, 0.5) is 5.13 Å². The van der Waals surface area contributed by atoms with Crippen molar-refractivity contribution >= 4 is 22.2 Å². The second-order valence-electron chi connectivity index (χ2n) is 5.76. The van der Waals surface area contributed by atoms with Gasteiger partial charge in [0.2, 0.25) is 5.13 Å². The van der Waals surface area contributed by atoms with Crippen LogP contribution in [-0.2, 0) is 6.42 Å². The van der Waals surface area contributed by atoms with Crippen molar-refractivity contribution in [2.75, 3.05) is 5.43 Å². The Bertz CT molecular complexity index is 830. The zero-order valence-electron chi connectivity index (χ0n) is 14.2. The first-order chi connectivity index (χ1) is 11.7. The van der Waals surface area contributed by atoms with Crippen LogP contribution < -0.4 is 5.43 Å². The van der Waals surface area contributed by atoms with Gasteiger partial charge >= 0.3 is 0 Å². The second-order valence-corrected chi connectivity index (χ2v) is 6.62. The molecule has 0 aliphatic heterocycles. The highest BCUT2D eigenvalue weighted by Crippen LogP contribution is 2.25. The third-order valence-corrected chi connectivity index (χ3v) is 4.70. The van der Waals surface area contributed by atoms with E-state index in [0.717, 1.165) is 34.1 Å². The number of hydrogen-bond donors (Lipinski definition) is 1. The van der Waals surface area contributed by atoms with Crippen LogP contribution in [0, 0.1) is 6.92 Å². The first-order valence-electron chi connectivity index (χ1n) is 8.08. The number of rotatable bonds is 5. The van der Waals surface area contributed by atoms with Crippen molar-refractivity contribution in [3.05, 3.63) is 70.6 Å². The van der Waals surface area contributed by atoms with Crippen molar-refractivity contribution < 1.29 is 0 Å². The lowest BCUT2D eigenvalue weighted by atomic mass is 10.1. The fourth-order valence-corrected chi connectivity index (χ4v) is 3.02. The van der Waals surface area contributed by atoms with Crippen LogP contribution in [0.3, 0.4) is 0 Å². The first-order valence-corrected chi connectivity index (χ1v) is 8.96. The van der Waals surface area contributed by atoms with Crippen molar-refractivity contribution in [1.82, 2.24) is 4.98 Å². The normalized spacial score (nSPS) is 11.5. The molecule has 0 atom stereocenters. The molecule has 24 heavy (non-hydrogen) atoms. The molecule has 4 heteroatoms. The number of nitrogens with zero attached hydrogens (tertiary/aromatic N) is 2. The van der Waals surface area contributed by atoms with Crippen LogP contribution in [0.1, 0.15) is 30.5 Å². The van der Waals surface area contributed by atoms with E-state index in [2.05, 4.69) is 83.3 Å². The molecule has 3 nitrogen and oxygen atoms in total. The van der Waals surface area contributed by atoms with Gasteiger partial charge in [-0.15, -0.1) is 11.3 Å². The molecular weight excluding hydrogens is 314 g/mol. The number of nitrogens with one attached hydrogen (secondary N) is 1. The Balaban J connectivity index is 1.71. The lowest BCUT2D eigenvalue weighted by Gasteiger charge is -2.02. The predicted octanol–water partition coefficient (Wildman–Crippen LogP) is 5.52. The molecule has 0 bridgehead atoms. The maximum absolute atomic E-state index is 4.62. The molecule has 3 rings (SSSR count). The van der Waals surface area contributed by atoms with Crippen LogP contribution in [0.5, 0.6) is 0 Å². The number of hydrogen-bond acceptors (Lipinski definition) is 4. The summed E-state index contributed by atoms with van der Waals surface area (Å²) < 4.78 is 0. The van der Waals surface area contributed by atoms with Gasteiger partial charge < -0.3 is 0 Å². The zero-order valence-corrected chi connectivity index (χ0v) is 15.0. The third kappa shape index (κ3) is 3.89. The van der Waals surface area contributed by atoms with Gasteiger partial charge in [0.25, 0.3) is 0 Å². The molecular formula is C20H21N3S. The molecule has 0 aliphatic rings. The summed E-state index contributed by atoms with van der Waals surface area (Å²) in [5.41, 5.74) is 9.82. The highest BCUT2D eigenvalue weighted by molar-refractivity contribution is 7.14. The highest BCUT2D eigenvalue weighted by atomic mass is 32.1. The van der Waals surface area contributed by atoms with E-state index in [-0.39, 0.29) is 0 Å². The minimum Gasteiger partial charge on any atom is -0.252 e. The summed E-state index contributed by atoms with van der Waals surface area (Å²) in [5, 5.41) is 7.30. The number of hydrazone groups is 1. The molecule has 1 N–H and O–H groups in total. The van der Waals surface area contributed by atoms with Crippen molar-refractivity contribution in [2.45, 2.75) is 27.2 Å². The van der Waals surface area contributed by atoms with Gasteiger partial charge in [0.15, 0.2) is 0 Å². The molecule has 1 heterocycles. The van der Waals surface area contributed by atoms with Crippen LogP contribution >= 0.6 is 11.3 Å². The molecule has 0 fully saturated rings. The molecule has 0 aliphatic carbocycles. The minimum absolute atomic E-state index is 0.802. The summed E-state index contributed by atoms with van der Waals surface area (Å²) in [6.07, 6.45) is 1.05.